The zero-order chi connectivity index (χ0) is 14.1. The summed E-state index contributed by atoms with van der Waals surface area (Å²) in [6.07, 6.45) is 0.946. The smallest absolute Gasteiger partial charge is 0.123 e. The topological polar surface area (TPSA) is 12.0 Å². The van der Waals surface area contributed by atoms with Crippen LogP contribution in [0, 0.1) is 5.82 Å². The van der Waals surface area contributed by atoms with Crippen molar-refractivity contribution in [2.75, 3.05) is 7.05 Å². The Bertz CT molecular complexity index is 734. The van der Waals surface area contributed by atoms with Crippen LogP contribution in [0.25, 0.3) is 10.1 Å². The molecule has 2 heterocycles. The molecule has 104 valence electrons. The van der Waals surface area contributed by atoms with Crippen LogP contribution in [-0.2, 0) is 6.42 Å². The predicted molar refractivity (Wildman–Crippen MR) is 89.3 cm³/mol. The Kier molecular flexibility index (Phi) is 4.21. The fraction of sp³-hybridized carbons (Fsp3) is 0.200. The third kappa shape index (κ3) is 2.96. The van der Waals surface area contributed by atoms with E-state index < -0.39 is 0 Å². The molecule has 0 amide bonds. The highest BCUT2D eigenvalue weighted by molar-refractivity contribution is 9.11. The number of fused-ring (bicyclic) bond motifs is 1. The van der Waals surface area contributed by atoms with Gasteiger partial charge in [0, 0.05) is 26.9 Å². The van der Waals surface area contributed by atoms with Gasteiger partial charge in [-0.2, -0.15) is 0 Å². The number of halogens is 2. The molecule has 20 heavy (non-hydrogen) atoms. The molecule has 0 radical (unpaired) electrons. The Morgan fingerprint density at radius 3 is 2.75 bits per heavy atom. The Balaban J connectivity index is 1.90. The lowest BCUT2D eigenvalue weighted by molar-refractivity contribution is 0.607. The number of nitrogens with one attached hydrogen (secondary N) is 1. The van der Waals surface area contributed by atoms with E-state index in [4.69, 9.17) is 0 Å². The average Bonchev–Trinajstić information content (AvgIpc) is 3.01. The van der Waals surface area contributed by atoms with Crippen molar-refractivity contribution in [2.24, 2.45) is 0 Å². The maximum atomic E-state index is 13.3. The van der Waals surface area contributed by atoms with Crippen molar-refractivity contribution in [2.45, 2.75) is 12.5 Å². The standard InChI is InChI=1S/C15H13BrFNS2/c1-18-12(8-11-3-5-15(16)19-11)14-7-9-6-10(17)2-4-13(9)20-14/h2-7,12,18H,8H2,1H3. The molecule has 0 saturated carbocycles. The number of benzene rings is 1. The molecular formula is C15H13BrFNS2. The largest absolute Gasteiger partial charge is 0.312 e. The minimum absolute atomic E-state index is 0.176. The SMILES string of the molecule is CNC(Cc1ccc(Br)s1)c1cc2cc(F)ccc2s1. The first-order chi connectivity index (χ1) is 9.65. The maximum Gasteiger partial charge on any atom is 0.123 e. The first-order valence-corrected chi connectivity index (χ1v) is 8.69. The monoisotopic (exact) mass is 369 g/mol. The summed E-state index contributed by atoms with van der Waals surface area (Å²) in [6, 6.07) is 11.6. The Morgan fingerprint density at radius 2 is 2.05 bits per heavy atom. The zero-order valence-corrected chi connectivity index (χ0v) is 14.0. The van der Waals surface area contributed by atoms with Crippen molar-refractivity contribution in [1.82, 2.24) is 5.32 Å². The Morgan fingerprint density at radius 1 is 1.20 bits per heavy atom. The molecule has 1 nitrogen and oxygen atoms in total. The fourth-order valence-corrected chi connectivity index (χ4v) is 4.90. The van der Waals surface area contributed by atoms with E-state index in [1.165, 1.54) is 15.8 Å². The highest BCUT2D eigenvalue weighted by atomic mass is 79.9. The van der Waals surface area contributed by atoms with Crippen molar-refractivity contribution in [3.63, 3.8) is 0 Å². The fourth-order valence-electron chi connectivity index (χ4n) is 2.21. The van der Waals surface area contributed by atoms with Gasteiger partial charge in [-0.3, -0.25) is 0 Å². The molecule has 0 saturated heterocycles. The number of likely N-dealkylation sites (N-methyl/N-ethyl adjacent to an activating group) is 1. The highest BCUT2D eigenvalue weighted by Gasteiger charge is 2.14. The molecule has 2 aromatic heterocycles. The van der Waals surface area contributed by atoms with Crippen LogP contribution in [-0.4, -0.2) is 7.05 Å². The van der Waals surface area contributed by atoms with Crippen LogP contribution in [0.15, 0.2) is 40.2 Å². The Hall–Kier alpha value is -0.750. The van der Waals surface area contributed by atoms with Crippen molar-refractivity contribution < 1.29 is 4.39 Å². The van der Waals surface area contributed by atoms with Gasteiger partial charge in [-0.1, -0.05) is 0 Å². The molecule has 0 aliphatic heterocycles. The molecule has 1 aromatic carbocycles. The van der Waals surface area contributed by atoms with E-state index in [0.29, 0.717) is 0 Å². The first kappa shape index (κ1) is 14.2. The molecule has 0 bridgehead atoms. The van der Waals surface area contributed by atoms with Crippen molar-refractivity contribution in [3.05, 3.63) is 55.8 Å². The van der Waals surface area contributed by atoms with Gasteiger partial charge >= 0.3 is 0 Å². The quantitative estimate of drug-likeness (QED) is 0.651. The van der Waals surface area contributed by atoms with E-state index >= 15 is 0 Å². The van der Waals surface area contributed by atoms with E-state index in [2.05, 4.69) is 39.4 Å². The molecule has 5 heteroatoms. The van der Waals surface area contributed by atoms with Crippen molar-refractivity contribution in [1.29, 1.82) is 0 Å². The maximum absolute atomic E-state index is 13.3. The van der Waals surface area contributed by atoms with Crippen LogP contribution < -0.4 is 5.32 Å². The van der Waals surface area contributed by atoms with Gasteiger partial charge in [0.15, 0.2) is 0 Å². The second kappa shape index (κ2) is 5.93. The summed E-state index contributed by atoms with van der Waals surface area (Å²) in [7, 11) is 1.97. The van der Waals surface area contributed by atoms with Gasteiger partial charge in [0.1, 0.15) is 5.82 Å². The van der Waals surface area contributed by atoms with Crippen LogP contribution in [0.2, 0.25) is 0 Å². The molecule has 3 rings (SSSR count). The number of rotatable bonds is 4. The summed E-state index contributed by atoms with van der Waals surface area (Å²) in [6.45, 7) is 0. The van der Waals surface area contributed by atoms with Gasteiger partial charge in [-0.05, 0) is 64.8 Å². The molecule has 3 aromatic rings. The van der Waals surface area contributed by atoms with Gasteiger partial charge in [-0.25, -0.2) is 4.39 Å². The lowest BCUT2D eigenvalue weighted by Crippen LogP contribution is -2.17. The van der Waals surface area contributed by atoms with E-state index in [-0.39, 0.29) is 11.9 Å². The van der Waals surface area contributed by atoms with Gasteiger partial charge < -0.3 is 5.32 Å². The van der Waals surface area contributed by atoms with Gasteiger partial charge in [0.2, 0.25) is 0 Å². The third-order valence-electron chi connectivity index (χ3n) is 3.22. The minimum Gasteiger partial charge on any atom is -0.312 e. The summed E-state index contributed by atoms with van der Waals surface area (Å²) in [5.74, 6) is -0.176. The lowest BCUT2D eigenvalue weighted by atomic mass is 10.1. The van der Waals surface area contributed by atoms with E-state index in [1.54, 1.807) is 28.7 Å². The normalized spacial score (nSPS) is 12.9. The summed E-state index contributed by atoms with van der Waals surface area (Å²) in [4.78, 5) is 2.58. The molecule has 1 atom stereocenters. The molecule has 0 aliphatic carbocycles. The number of hydrogen-bond acceptors (Lipinski definition) is 3. The van der Waals surface area contributed by atoms with E-state index in [9.17, 15) is 4.39 Å². The highest BCUT2D eigenvalue weighted by Crippen LogP contribution is 2.33. The second-order valence-corrected chi connectivity index (χ2v) is 8.25. The molecular weight excluding hydrogens is 357 g/mol. The summed E-state index contributed by atoms with van der Waals surface area (Å²) in [5.41, 5.74) is 0. The molecule has 0 fully saturated rings. The molecule has 0 spiro atoms. The Labute approximate surface area is 133 Å². The molecule has 0 aliphatic rings. The van der Waals surface area contributed by atoms with Crippen molar-refractivity contribution in [3.8, 4) is 0 Å². The molecule has 1 unspecified atom stereocenters. The van der Waals surface area contributed by atoms with Crippen LogP contribution >= 0.6 is 38.6 Å². The first-order valence-electron chi connectivity index (χ1n) is 6.26. The third-order valence-corrected chi connectivity index (χ3v) is 6.10. The van der Waals surface area contributed by atoms with Gasteiger partial charge in [-0.15, -0.1) is 22.7 Å². The van der Waals surface area contributed by atoms with Gasteiger partial charge in [0.05, 0.1) is 3.79 Å². The summed E-state index contributed by atoms with van der Waals surface area (Å²) >= 11 is 6.98. The zero-order valence-electron chi connectivity index (χ0n) is 10.8. The lowest BCUT2D eigenvalue weighted by Gasteiger charge is -2.12. The van der Waals surface area contributed by atoms with E-state index in [0.717, 1.165) is 20.3 Å². The second-order valence-electron chi connectivity index (χ2n) is 4.58. The number of thiophene rings is 2. The summed E-state index contributed by atoms with van der Waals surface area (Å²) < 4.78 is 15.6. The van der Waals surface area contributed by atoms with Crippen LogP contribution in [0.5, 0.6) is 0 Å². The van der Waals surface area contributed by atoms with E-state index in [1.807, 2.05) is 13.1 Å². The van der Waals surface area contributed by atoms with Gasteiger partial charge in [0.25, 0.3) is 0 Å². The number of hydrogen-bond donors (Lipinski definition) is 1. The van der Waals surface area contributed by atoms with Crippen LogP contribution in [0.4, 0.5) is 4.39 Å². The van der Waals surface area contributed by atoms with Crippen molar-refractivity contribution >= 4 is 48.7 Å². The van der Waals surface area contributed by atoms with Crippen LogP contribution in [0.1, 0.15) is 15.8 Å². The van der Waals surface area contributed by atoms with Crippen LogP contribution in [0.3, 0.4) is 0 Å². The minimum atomic E-state index is -0.176. The summed E-state index contributed by atoms with van der Waals surface area (Å²) in [5, 5.41) is 4.34. The average molecular weight is 370 g/mol. The predicted octanol–water partition coefficient (Wildman–Crippen LogP) is 5.37. The molecule has 1 N–H and O–H groups in total.